The number of halogens is 2. The van der Waals surface area contributed by atoms with E-state index >= 15 is 0 Å². The Labute approximate surface area is 173 Å². The molecule has 0 fully saturated rings. The van der Waals surface area contributed by atoms with Gasteiger partial charge in [0.15, 0.2) is 0 Å². The number of carbonyl (C=O) groups excluding carboxylic acids is 1. The van der Waals surface area contributed by atoms with Crippen molar-refractivity contribution in [1.29, 1.82) is 0 Å². The summed E-state index contributed by atoms with van der Waals surface area (Å²) in [4.78, 5) is 14.8. The highest BCUT2D eigenvalue weighted by molar-refractivity contribution is 9.10. The van der Waals surface area contributed by atoms with E-state index in [-0.39, 0.29) is 5.97 Å². The summed E-state index contributed by atoms with van der Waals surface area (Å²) in [6.07, 6.45) is 4.70. The molecule has 0 atom stereocenters. The van der Waals surface area contributed by atoms with Gasteiger partial charge in [-0.2, -0.15) is 0 Å². The van der Waals surface area contributed by atoms with Crippen LogP contribution in [0.3, 0.4) is 0 Å². The molecule has 0 aromatic heterocycles. The summed E-state index contributed by atoms with van der Waals surface area (Å²) in [5.74, 6) is -0.270. The van der Waals surface area contributed by atoms with E-state index in [2.05, 4.69) is 22.0 Å². The Bertz CT molecular complexity index is 901. The number of hydrogen-bond donors (Lipinski definition) is 0. The normalized spacial score (nSPS) is 13.5. The van der Waals surface area contributed by atoms with Crippen molar-refractivity contribution in [3.05, 3.63) is 80.3 Å². The average Bonchev–Trinajstić information content (AvgIpc) is 2.98. The van der Waals surface area contributed by atoms with Crippen LogP contribution in [0.5, 0.6) is 0 Å². The largest absolute Gasteiger partial charge is 0.461 e. The van der Waals surface area contributed by atoms with Gasteiger partial charge in [-0.05, 0) is 67.0 Å². The quantitative estimate of drug-likeness (QED) is 0.569. The standard InChI is InChI=1S/C22H21BrClNO2/c1-25(2)11-12-27-22(26)21-16(6-3-15-4-8-19(24)9-5-15)13-17-14-18(23)7-10-20(17)21/h3-10,14H,11-13H2,1-2H3/b6-3+. The Balaban J connectivity index is 1.88. The highest BCUT2D eigenvalue weighted by atomic mass is 79.9. The maximum Gasteiger partial charge on any atom is 0.339 e. The number of esters is 1. The van der Waals surface area contributed by atoms with Gasteiger partial charge in [0.2, 0.25) is 0 Å². The van der Waals surface area contributed by atoms with Crippen LogP contribution in [-0.4, -0.2) is 38.1 Å². The van der Waals surface area contributed by atoms with Gasteiger partial charge >= 0.3 is 5.97 Å². The van der Waals surface area contributed by atoms with Crippen molar-refractivity contribution in [2.24, 2.45) is 0 Å². The van der Waals surface area contributed by atoms with Crippen LogP contribution in [-0.2, 0) is 16.0 Å². The van der Waals surface area contributed by atoms with Crippen LogP contribution in [0.2, 0.25) is 5.02 Å². The predicted molar refractivity (Wildman–Crippen MR) is 115 cm³/mol. The SMILES string of the molecule is CN(C)CCOC(=O)C1=C(/C=C/c2ccc(Cl)cc2)Cc2cc(Br)ccc21. The number of benzene rings is 2. The molecule has 0 N–H and O–H groups in total. The molecule has 0 saturated carbocycles. The van der Waals surface area contributed by atoms with Crippen molar-refractivity contribution >= 4 is 45.1 Å². The van der Waals surface area contributed by atoms with Crippen molar-refractivity contribution in [3.63, 3.8) is 0 Å². The Morgan fingerprint density at radius 3 is 2.63 bits per heavy atom. The van der Waals surface area contributed by atoms with E-state index in [1.165, 1.54) is 0 Å². The van der Waals surface area contributed by atoms with Crippen LogP contribution in [0.15, 0.2) is 58.6 Å². The number of nitrogens with zero attached hydrogens (tertiary/aromatic N) is 1. The van der Waals surface area contributed by atoms with Gasteiger partial charge in [0.25, 0.3) is 0 Å². The molecule has 27 heavy (non-hydrogen) atoms. The second-order valence-electron chi connectivity index (χ2n) is 6.70. The van der Waals surface area contributed by atoms with Gasteiger partial charge in [-0.1, -0.05) is 57.9 Å². The lowest BCUT2D eigenvalue weighted by molar-refractivity contribution is -0.136. The second kappa shape index (κ2) is 8.87. The molecule has 1 aliphatic carbocycles. The molecular formula is C22H21BrClNO2. The van der Waals surface area contributed by atoms with Crippen LogP contribution in [0, 0.1) is 0 Å². The Kier molecular flexibility index (Phi) is 6.53. The summed E-state index contributed by atoms with van der Waals surface area (Å²) in [5.41, 5.74) is 4.72. The Hall–Kier alpha value is -1.88. The monoisotopic (exact) mass is 445 g/mol. The van der Waals surface area contributed by atoms with Crippen LogP contribution < -0.4 is 0 Å². The number of ether oxygens (including phenoxy) is 1. The van der Waals surface area contributed by atoms with Crippen LogP contribution in [0.25, 0.3) is 11.6 Å². The fourth-order valence-corrected chi connectivity index (χ4v) is 3.50. The minimum absolute atomic E-state index is 0.270. The summed E-state index contributed by atoms with van der Waals surface area (Å²) in [6, 6.07) is 13.6. The summed E-state index contributed by atoms with van der Waals surface area (Å²) in [5, 5.41) is 0.703. The van der Waals surface area contributed by atoms with Crippen molar-refractivity contribution in [3.8, 4) is 0 Å². The van der Waals surface area contributed by atoms with Gasteiger partial charge in [-0.25, -0.2) is 4.79 Å². The predicted octanol–water partition coefficient (Wildman–Crippen LogP) is 5.23. The Morgan fingerprint density at radius 1 is 1.19 bits per heavy atom. The lowest BCUT2D eigenvalue weighted by Gasteiger charge is -2.11. The summed E-state index contributed by atoms with van der Waals surface area (Å²) in [6.45, 7) is 1.07. The molecule has 0 radical (unpaired) electrons. The van der Waals surface area contributed by atoms with E-state index in [4.69, 9.17) is 16.3 Å². The molecule has 2 aromatic carbocycles. The molecule has 1 aliphatic rings. The molecule has 3 rings (SSSR count). The first-order chi connectivity index (χ1) is 12.9. The molecule has 0 spiro atoms. The minimum Gasteiger partial charge on any atom is -0.461 e. The zero-order valence-corrected chi connectivity index (χ0v) is 17.7. The van der Waals surface area contributed by atoms with Crippen molar-refractivity contribution < 1.29 is 9.53 Å². The third kappa shape index (κ3) is 5.10. The second-order valence-corrected chi connectivity index (χ2v) is 8.05. The minimum atomic E-state index is -0.270. The summed E-state index contributed by atoms with van der Waals surface area (Å²) < 4.78 is 6.52. The molecule has 0 saturated heterocycles. The molecule has 3 nitrogen and oxygen atoms in total. The van der Waals surface area contributed by atoms with E-state index in [0.29, 0.717) is 30.2 Å². The zero-order valence-electron chi connectivity index (χ0n) is 15.3. The molecule has 0 amide bonds. The first kappa shape index (κ1) is 19.9. The fraction of sp³-hybridized carbons (Fsp3) is 0.227. The van der Waals surface area contributed by atoms with Gasteiger partial charge in [0.1, 0.15) is 6.61 Å². The van der Waals surface area contributed by atoms with E-state index < -0.39 is 0 Å². The highest BCUT2D eigenvalue weighted by Gasteiger charge is 2.26. The molecule has 0 heterocycles. The zero-order chi connectivity index (χ0) is 19.4. The third-order valence-electron chi connectivity index (χ3n) is 4.36. The first-order valence-corrected chi connectivity index (χ1v) is 9.88. The number of carbonyl (C=O) groups is 1. The van der Waals surface area contributed by atoms with Crippen LogP contribution in [0.4, 0.5) is 0 Å². The summed E-state index contributed by atoms with van der Waals surface area (Å²) in [7, 11) is 3.91. The Morgan fingerprint density at radius 2 is 1.93 bits per heavy atom. The smallest absolute Gasteiger partial charge is 0.339 e. The molecular weight excluding hydrogens is 426 g/mol. The van der Waals surface area contributed by atoms with Crippen LogP contribution >= 0.6 is 27.5 Å². The van der Waals surface area contributed by atoms with Crippen LogP contribution in [0.1, 0.15) is 16.7 Å². The number of hydrogen-bond acceptors (Lipinski definition) is 3. The maximum absolute atomic E-state index is 12.8. The third-order valence-corrected chi connectivity index (χ3v) is 5.11. The lowest BCUT2D eigenvalue weighted by Crippen LogP contribution is -2.20. The molecule has 140 valence electrons. The summed E-state index contributed by atoms with van der Waals surface area (Å²) >= 11 is 9.46. The van der Waals surface area contributed by atoms with Gasteiger partial charge in [0.05, 0.1) is 5.57 Å². The van der Waals surface area contributed by atoms with E-state index in [0.717, 1.165) is 26.7 Å². The average molecular weight is 447 g/mol. The first-order valence-electron chi connectivity index (χ1n) is 8.71. The molecule has 5 heteroatoms. The van der Waals surface area contributed by atoms with Gasteiger partial charge in [0, 0.05) is 16.0 Å². The fourth-order valence-electron chi connectivity index (χ4n) is 2.97. The van der Waals surface area contributed by atoms with E-state index in [1.807, 2.05) is 67.5 Å². The van der Waals surface area contributed by atoms with Gasteiger partial charge in [-0.3, -0.25) is 0 Å². The van der Waals surface area contributed by atoms with E-state index in [9.17, 15) is 4.79 Å². The molecule has 0 bridgehead atoms. The lowest BCUT2D eigenvalue weighted by atomic mass is 10.1. The molecule has 2 aromatic rings. The van der Waals surface area contributed by atoms with E-state index in [1.54, 1.807) is 0 Å². The number of fused-ring (bicyclic) bond motifs is 1. The topological polar surface area (TPSA) is 29.5 Å². The van der Waals surface area contributed by atoms with Crippen molar-refractivity contribution in [2.75, 3.05) is 27.2 Å². The van der Waals surface area contributed by atoms with Gasteiger partial charge < -0.3 is 9.64 Å². The molecule has 0 aliphatic heterocycles. The maximum atomic E-state index is 12.8. The number of allylic oxidation sites excluding steroid dienone is 2. The number of likely N-dealkylation sites (N-methyl/N-ethyl adjacent to an activating group) is 1. The van der Waals surface area contributed by atoms with Gasteiger partial charge in [-0.15, -0.1) is 0 Å². The molecule has 0 unspecified atom stereocenters. The highest BCUT2D eigenvalue weighted by Crippen LogP contribution is 2.36. The number of rotatable bonds is 6. The van der Waals surface area contributed by atoms with Crippen molar-refractivity contribution in [1.82, 2.24) is 4.90 Å². The van der Waals surface area contributed by atoms with Crippen molar-refractivity contribution in [2.45, 2.75) is 6.42 Å².